The Morgan fingerprint density at radius 2 is 2.00 bits per heavy atom. The van der Waals surface area contributed by atoms with E-state index >= 15 is 0 Å². The van der Waals surface area contributed by atoms with E-state index in [1.165, 1.54) is 17.1 Å². The van der Waals surface area contributed by atoms with Gasteiger partial charge in [0, 0.05) is 12.6 Å². The zero-order chi connectivity index (χ0) is 12.6. The quantitative estimate of drug-likeness (QED) is 0.789. The van der Waals surface area contributed by atoms with Gasteiger partial charge in [0.2, 0.25) is 0 Å². The van der Waals surface area contributed by atoms with Gasteiger partial charge in [-0.15, -0.1) is 0 Å². The van der Waals surface area contributed by atoms with Gasteiger partial charge in [0.15, 0.2) is 5.82 Å². The predicted octanol–water partition coefficient (Wildman–Crippen LogP) is 3.15. The van der Waals surface area contributed by atoms with E-state index in [1.807, 2.05) is 0 Å². The number of hydrogen-bond donors (Lipinski definition) is 0. The highest BCUT2D eigenvalue weighted by atomic mass is 35.5. The molecule has 7 heteroatoms. The van der Waals surface area contributed by atoms with Crippen LogP contribution in [0.1, 0.15) is 5.56 Å². The molecule has 0 unspecified atom stereocenters. The fourth-order valence-corrected chi connectivity index (χ4v) is 1.54. The summed E-state index contributed by atoms with van der Waals surface area (Å²) in [4.78, 5) is 3.87. The first kappa shape index (κ1) is 11.9. The molecular weight excluding hydrogens is 255 g/mol. The number of halogens is 4. The second-order valence-electron chi connectivity index (χ2n) is 3.43. The van der Waals surface area contributed by atoms with Crippen molar-refractivity contribution in [2.24, 2.45) is 7.05 Å². The first-order chi connectivity index (χ1) is 7.88. The predicted molar refractivity (Wildman–Crippen MR) is 56.5 cm³/mol. The Hall–Kier alpha value is -1.56. The van der Waals surface area contributed by atoms with Gasteiger partial charge in [-0.05, 0) is 18.2 Å². The molecule has 2 aromatic rings. The van der Waals surface area contributed by atoms with E-state index in [0.29, 0.717) is 0 Å². The molecule has 1 aromatic carbocycles. The second-order valence-corrected chi connectivity index (χ2v) is 3.84. The first-order valence-electron chi connectivity index (χ1n) is 4.60. The summed E-state index contributed by atoms with van der Waals surface area (Å²) in [6.07, 6.45) is -3.01. The van der Waals surface area contributed by atoms with E-state index < -0.39 is 11.7 Å². The average molecular weight is 262 g/mol. The van der Waals surface area contributed by atoms with Crippen LogP contribution in [0.2, 0.25) is 5.02 Å². The molecular formula is C10H7ClF3N3. The molecule has 3 nitrogen and oxygen atoms in total. The van der Waals surface area contributed by atoms with Crippen molar-refractivity contribution in [3.8, 4) is 11.4 Å². The number of hydrogen-bond acceptors (Lipinski definition) is 2. The maximum absolute atomic E-state index is 12.5. The average Bonchev–Trinajstić information content (AvgIpc) is 2.63. The highest BCUT2D eigenvalue weighted by molar-refractivity contribution is 6.33. The van der Waals surface area contributed by atoms with Gasteiger partial charge >= 0.3 is 6.18 Å². The Morgan fingerprint density at radius 3 is 2.53 bits per heavy atom. The summed E-state index contributed by atoms with van der Waals surface area (Å²) in [7, 11) is 1.62. The fraction of sp³-hybridized carbons (Fsp3) is 0.200. The highest BCUT2D eigenvalue weighted by Gasteiger charge is 2.31. The van der Waals surface area contributed by atoms with E-state index in [1.54, 1.807) is 7.05 Å². The van der Waals surface area contributed by atoms with Crippen LogP contribution in [0, 0.1) is 0 Å². The van der Waals surface area contributed by atoms with Crippen LogP contribution < -0.4 is 0 Å². The third-order valence-electron chi connectivity index (χ3n) is 2.13. The standard InChI is InChI=1S/C10H7ClF3N3/c1-17-5-15-9(16-17)7-4-6(10(12,13)14)2-3-8(7)11/h2-5H,1H3. The Labute approximate surface area is 99.8 Å². The minimum atomic E-state index is -4.41. The number of aryl methyl sites for hydroxylation is 1. The van der Waals surface area contributed by atoms with Crippen molar-refractivity contribution in [2.75, 3.05) is 0 Å². The van der Waals surface area contributed by atoms with Crippen molar-refractivity contribution in [3.63, 3.8) is 0 Å². The van der Waals surface area contributed by atoms with Crippen LogP contribution in [0.4, 0.5) is 13.2 Å². The molecule has 2 rings (SSSR count). The molecule has 0 aliphatic heterocycles. The molecule has 0 N–H and O–H groups in total. The number of nitrogens with zero attached hydrogens (tertiary/aromatic N) is 3. The largest absolute Gasteiger partial charge is 0.416 e. The molecule has 1 aromatic heterocycles. The monoisotopic (exact) mass is 261 g/mol. The summed E-state index contributed by atoms with van der Waals surface area (Å²) in [5.74, 6) is 0.170. The van der Waals surface area contributed by atoms with E-state index in [0.717, 1.165) is 12.1 Å². The van der Waals surface area contributed by atoms with E-state index in [-0.39, 0.29) is 16.4 Å². The summed E-state index contributed by atoms with van der Waals surface area (Å²) in [5, 5.41) is 4.10. The third kappa shape index (κ3) is 2.41. The Kier molecular flexibility index (Phi) is 2.82. The second kappa shape index (κ2) is 4.03. The molecule has 0 aliphatic carbocycles. The third-order valence-corrected chi connectivity index (χ3v) is 2.46. The number of aromatic nitrogens is 3. The molecule has 0 bridgehead atoms. The minimum absolute atomic E-state index is 0.169. The van der Waals surface area contributed by atoms with Gasteiger partial charge in [0.25, 0.3) is 0 Å². The number of benzene rings is 1. The molecule has 0 aliphatic rings. The maximum Gasteiger partial charge on any atom is 0.416 e. The van der Waals surface area contributed by atoms with Crippen molar-refractivity contribution < 1.29 is 13.2 Å². The lowest BCUT2D eigenvalue weighted by Crippen LogP contribution is -2.05. The lowest BCUT2D eigenvalue weighted by Gasteiger charge is -2.08. The van der Waals surface area contributed by atoms with Crippen LogP contribution in [0.3, 0.4) is 0 Å². The summed E-state index contributed by atoms with van der Waals surface area (Å²) >= 11 is 5.83. The molecule has 0 atom stereocenters. The Morgan fingerprint density at radius 1 is 1.29 bits per heavy atom. The van der Waals surface area contributed by atoms with Crippen LogP contribution in [0.5, 0.6) is 0 Å². The van der Waals surface area contributed by atoms with E-state index in [4.69, 9.17) is 11.6 Å². The van der Waals surface area contributed by atoms with Gasteiger partial charge in [-0.1, -0.05) is 11.6 Å². The van der Waals surface area contributed by atoms with Crippen molar-refractivity contribution in [1.82, 2.24) is 14.8 Å². The van der Waals surface area contributed by atoms with E-state index in [9.17, 15) is 13.2 Å². The summed E-state index contributed by atoms with van der Waals surface area (Å²) in [6, 6.07) is 3.06. The van der Waals surface area contributed by atoms with Crippen molar-refractivity contribution >= 4 is 11.6 Å². The smallest absolute Gasteiger partial charge is 0.255 e. The molecule has 0 spiro atoms. The van der Waals surface area contributed by atoms with E-state index in [2.05, 4.69) is 10.1 Å². The zero-order valence-corrected chi connectivity index (χ0v) is 9.42. The van der Waals surface area contributed by atoms with Gasteiger partial charge in [0.1, 0.15) is 6.33 Å². The van der Waals surface area contributed by atoms with Crippen LogP contribution in [-0.4, -0.2) is 14.8 Å². The molecule has 17 heavy (non-hydrogen) atoms. The van der Waals surface area contributed by atoms with Gasteiger partial charge in [-0.2, -0.15) is 18.3 Å². The lowest BCUT2D eigenvalue weighted by molar-refractivity contribution is -0.137. The van der Waals surface area contributed by atoms with Gasteiger partial charge in [-0.3, -0.25) is 4.68 Å². The summed E-state index contributed by atoms with van der Waals surface area (Å²) in [5.41, 5.74) is -0.605. The molecule has 1 heterocycles. The molecule has 0 fully saturated rings. The first-order valence-corrected chi connectivity index (χ1v) is 4.98. The normalized spacial score (nSPS) is 11.8. The maximum atomic E-state index is 12.5. The molecule has 0 radical (unpaired) electrons. The molecule has 90 valence electrons. The highest BCUT2D eigenvalue weighted by Crippen LogP contribution is 2.34. The summed E-state index contributed by atoms with van der Waals surface area (Å²) < 4.78 is 39.0. The van der Waals surface area contributed by atoms with Crippen LogP contribution >= 0.6 is 11.6 Å². The SMILES string of the molecule is Cn1cnc(-c2cc(C(F)(F)F)ccc2Cl)n1. The Balaban J connectivity index is 2.54. The van der Waals surface area contributed by atoms with Crippen LogP contribution in [0.15, 0.2) is 24.5 Å². The zero-order valence-electron chi connectivity index (χ0n) is 8.66. The van der Waals surface area contributed by atoms with Crippen molar-refractivity contribution in [1.29, 1.82) is 0 Å². The topological polar surface area (TPSA) is 30.7 Å². The van der Waals surface area contributed by atoms with Gasteiger partial charge in [0.05, 0.1) is 10.6 Å². The van der Waals surface area contributed by atoms with Crippen LogP contribution in [-0.2, 0) is 13.2 Å². The molecule has 0 saturated heterocycles. The molecule has 0 saturated carbocycles. The minimum Gasteiger partial charge on any atom is -0.255 e. The van der Waals surface area contributed by atoms with Crippen LogP contribution in [0.25, 0.3) is 11.4 Å². The van der Waals surface area contributed by atoms with Crippen molar-refractivity contribution in [2.45, 2.75) is 6.18 Å². The van der Waals surface area contributed by atoms with Gasteiger partial charge < -0.3 is 0 Å². The fourth-order valence-electron chi connectivity index (χ4n) is 1.34. The number of alkyl halides is 3. The lowest BCUT2D eigenvalue weighted by atomic mass is 10.1. The van der Waals surface area contributed by atoms with Crippen molar-refractivity contribution in [3.05, 3.63) is 35.1 Å². The number of rotatable bonds is 1. The molecule has 0 amide bonds. The van der Waals surface area contributed by atoms with Gasteiger partial charge in [-0.25, -0.2) is 4.98 Å². The summed E-state index contributed by atoms with van der Waals surface area (Å²) in [6.45, 7) is 0. The Bertz CT molecular complexity index is 548.